The Balaban J connectivity index is 2.72. The molecule has 0 unspecified atom stereocenters. The van der Waals surface area contributed by atoms with Gasteiger partial charge >= 0.3 is 6.03 Å². The van der Waals surface area contributed by atoms with E-state index in [1.807, 2.05) is 23.8 Å². The Morgan fingerprint density at radius 3 is 2.40 bits per heavy atom. The summed E-state index contributed by atoms with van der Waals surface area (Å²) in [6.45, 7) is 1.82. The molecule has 0 heterocycles. The van der Waals surface area contributed by atoms with Crippen LogP contribution in [-0.4, -0.2) is 20.7 Å². The summed E-state index contributed by atoms with van der Waals surface area (Å²) in [5.74, 6) is 0. The molecule has 2 N–H and O–H groups in total. The van der Waals surface area contributed by atoms with Gasteiger partial charge in [-0.05, 0) is 18.6 Å². The lowest BCUT2D eigenvalue weighted by Gasteiger charge is -2.07. The van der Waals surface area contributed by atoms with Crippen molar-refractivity contribution in [2.75, 3.05) is 11.6 Å². The smallest absolute Gasteiger partial charge is 0.307 e. The zero-order valence-electron chi connectivity index (χ0n) is 8.44. The zero-order chi connectivity index (χ0) is 11.5. The first-order valence-electron chi connectivity index (χ1n) is 4.23. The van der Waals surface area contributed by atoms with Gasteiger partial charge in [0.1, 0.15) is 0 Å². The number of sulfonamides is 1. The Morgan fingerprint density at radius 1 is 1.27 bits per heavy atom. The summed E-state index contributed by atoms with van der Waals surface area (Å²) >= 11 is 0. The third kappa shape index (κ3) is 3.99. The molecule has 0 aliphatic carbocycles. The third-order valence-electron chi connectivity index (χ3n) is 1.67. The van der Waals surface area contributed by atoms with Gasteiger partial charge in [-0.25, -0.2) is 17.9 Å². The molecule has 0 atom stereocenters. The van der Waals surface area contributed by atoms with Crippen LogP contribution in [0.5, 0.6) is 0 Å². The van der Waals surface area contributed by atoms with E-state index in [1.165, 1.54) is 0 Å². The van der Waals surface area contributed by atoms with Gasteiger partial charge in [-0.15, -0.1) is 0 Å². The van der Waals surface area contributed by atoms with Crippen LogP contribution in [0.15, 0.2) is 24.3 Å². The molecule has 0 bridgehead atoms. The van der Waals surface area contributed by atoms with Crippen molar-refractivity contribution < 1.29 is 13.2 Å². The maximum absolute atomic E-state index is 11.2. The van der Waals surface area contributed by atoms with Crippen LogP contribution < -0.4 is 10.0 Å². The van der Waals surface area contributed by atoms with E-state index in [9.17, 15) is 13.2 Å². The lowest BCUT2D eigenvalue weighted by molar-refractivity contribution is 0.256. The van der Waals surface area contributed by atoms with Gasteiger partial charge in [-0.2, -0.15) is 0 Å². The van der Waals surface area contributed by atoms with Gasteiger partial charge in [-0.3, -0.25) is 0 Å². The first-order valence-corrected chi connectivity index (χ1v) is 6.12. The molecule has 1 aromatic carbocycles. The topological polar surface area (TPSA) is 75.3 Å². The van der Waals surface area contributed by atoms with Crippen LogP contribution in [0.2, 0.25) is 0 Å². The quantitative estimate of drug-likeness (QED) is 0.795. The number of rotatable bonds is 2. The fourth-order valence-electron chi connectivity index (χ4n) is 1.03. The summed E-state index contributed by atoms with van der Waals surface area (Å²) in [6, 6.07) is 6.33. The van der Waals surface area contributed by atoms with Gasteiger partial charge in [0.2, 0.25) is 10.0 Å². The molecule has 0 spiro atoms. The Bertz CT molecular complexity index is 468. The fourth-order valence-corrected chi connectivity index (χ4v) is 1.42. The third-order valence-corrected chi connectivity index (χ3v) is 2.23. The van der Waals surface area contributed by atoms with Crippen LogP contribution in [0.3, 0.4) is 0 Å². The van der Waals surface area contributed by atoms with Crippen molar-refractivity contribution in [1.29, 1.82) is 0 Å². The van der Waals surface area contributed by atoms with Crippen LogP contribution >= 0.6 is 0 Å². The molecule has 82 valence electrons. The average Bonchev–Trinajstić information content (AvgIpc) is 2.05. The predicted molar refractivity (Wildman–Crippen MR) is 58.2 cm³/mol. The van der Waals surface area contributed by atoms with Gasteiger partial charge in [-0.1, -0.05) is 18.2 Å². The standard InChI is InChI=1S/C9H12N2O3S/c1-7-5-3-4-6-8(7)10-9(12)11-15(2,13)14/h3-6H,1-2H3,(H2,10,11,12). The van der Waals surface area contributed by atoms with Crippen molar-refractivity contribution >= 4 is 21.7 Å². The Kier molecular flexibility index (Phi) is 3.31. The number of urea groups is 1. The molecular weight excluding hydrogens is 216 g/mol. The Labute approximate surface area is 88.5 Å². The number of para-hydroxylation sites is 1. The van der Waals surface area contributed by atoms with Gasteiger partial charge in [0.05, 0.1) is 6.26 Å². The predicted octanol–water partition coefficient (Wildman–Crippen LogP) is 1.08. The highest BCUT2D eigenvalue weighted by atomic mass is 32.2. The second-order valence-corrected chi connectivity index (χ2v) is 4.89. The van der Waals surface area contributed by atoms with Crippen LogP contribution in [-0.2, 0) is 10.0 Å². The molecule has 1 rings (SSSR count). The minimum atomic E-state index is -3.52. The Hall–Kier alpha value is -1.56. The lowest BCUT2D eigenvalue weighted by atomic mass is 10.2. The first kappa shape index (κ1) is 11.5. The van der Waals surface area contributed by atoms with E-state index in [4.69, 9.17) is 0 Å². The van der Waals surface area contributed by atoms with E-state index in [-0.39, 0.29) is 0 Å². The molecule has 0 aromatic heterocycles. The highest BCUT2D eigenvalue weighted by Crippen LogP contribution is 2.12. The van der Waals surface area contributed by atoms with E-state index in [1.54, 1.807) is 12.1 Å². The maximum atomic E-state index is 11.2. The van der Waals surface area contributed by atoms with Crippen molar-refractivity contribution in [3.05, 3.63) is 29.8 Å². The number of benzene rings is 1. The van der Waals surface area contributed by atoms with E-state index in [2.05, 4.69) is 5.32 Å². The summed E-state index contributed by atoms with van der Waals surface area (Å²) in [7, 11) is -3.52. The monoisotopic (exact) mass is 228 g/mol. The molecule has 0 aliphatic rings. The molecule has 0 aliphatic heterocycles. The number of hydrogen-bond donors (Lipinski definition) is 2. The van der Waals surface area contributed by atoms with Gasteiger partial charge in [0, 0.05) is 5.69 Å². The Morgan fingerprint density at radius 2 is 1.87 bits per heavy atom. The van der Waals surface area contributed by atoms with E-state index < -0.39 is 16.1 Å². The molecule has 0 radical (unpaired) electrons. The highest BCUT2D eigenvalue weighted by Gasteiger charge is 2.08. The summed E-state index contributed by atoms with van der Waals surface area (Å²) in [4.78, 5) is 11.2. The summed E-state index contributed by atoms with van der Waals surface area (Å²) in [5.41, 5.74) is 1.44. The SMILES string of the molecule is Cc1ccccc1NC(=O)NS(C)(=O)=O. The van der Waals surface area contributed by atoms with Crippen LogP contribution in [0.25, 0.3) is 0 Å². The molecule has 2 amide bonds. The van der Waals surface area contributed by atoms with Crippen molar-refractivity contribution in [1.82, 2.24) is 4.72 Å². The minimum Gasteiger partial charge on any atom is -0.307 e. The maximum Gasteiger partial charge on any atom is 0.332 e. The van der Waals surface area contributed by atoms with Gasteiger partial charge in [0.15, 0.2) is 0 Å². The zero-order valence-corrected chi connectivity index (χ0v) is 9.26. The number of hydrogen-bond acceptors (Lipinski definition) is 3. The van der Waals surface area contributed by atoms with Crippen molar-refractivity contribution in [2.45, 2.75) is 6.92 Å². The molecule has 0 fully saturated rings. The highest BCUT2D eigenvalue weighted by molar-refractivity contribution is 7.89. The summed E-state index contributed by atoms with van der Waals surface area (Å²) < 4.78 is 23.3. The van der Waals surface area contributed by atoms with Crippen LogP contribution in [0, 0.1) is 6.92 Å². The average molecular weight is 228 g/mol. The van der Waals surface area contributed by atoms with E-state index >= 15 is 0 Å². The molecule has 5 nitrogen and oxygen atoms in total. The van der Waals surface area contributed by atoms with Crippen LogP contribution in [0.1, 0.15) is 5.56 Å². The lowest BCUT2D eigenvalue weighted by Crippen LogP contribution is -2.33. The normalized spacial score (nSPS) is 10.8. The molecule has 0 saturated heterocycles. The molecule has 0 saturated carbocycles. The number of amides is 2. The number of aryl methyl sites for hydroxylation is 1. The number of anilines is 1. The second kappa shape index (κ2) is 4.31. The fraction of sp³-hybridized carbons (Fsp3) is 0.222. The molecule has 15 heavy (non-hydrogen) atoms. The summed E-state index contributed by atoms with van der Waals surface area (Å²) in [5, 5.41) is 2.44. The van der Waals surface area contributed by atoms with Gasteiger partial charge < -0.3 is 5.32 Å². The number of nitrogens with one attached hydrogen (secondary N) is 2. The van der Waals surface area contributed by atoms with Crippen LogP contribution in [0.4, 0.5) is 10.5 Å². The second-order valence-electron chi connectivity index (χ2n) is 3.14. The molecule has 1 aromatic rings. The minimum absolute atomic E-state index is 0.582. The van der Waals surface area contributed by atoms with Crippen molar-refractivity contribution in [3.63, 3.8) is 0 Å². The van der Waals surface area contributed by atoms with Crippen molar-refractivity contribution in [3.8, 4) is 0 Å². The largest absolute Gasteiger partial charge is 0.332 e. The summed E-state index contributed by atoms with van der Waals surface area (Å²) in [6.07, 6.45) is 0.921. The van der Waals surface area contributed by atoms with Crippen molar-refractivity contribution in [2.24, 2.45) is 0 Å². The number of carbonyl (C=O) groups excluding carboxylic acids is 1. The molecular formula is C9H12N2O3S. The van der Waals surface area contributed by atoms with E-state index in [0.29, 0.717) is 5.69 Å². The van der Waals surface area contributed by atoms with E-state index in [0.717, 1.165) is 11.8 Å². The van der Waals surface area contributed by atoms with Gasteiger partial charge in [0.25, 0.3) is 0 Å². The number of carbonyl (C=O) groups is 1. The first-order chi connectivity index (χ1) is 6.88. The molecule has 6 heteroatoms.